The number of carbonyl (C=O) groups is 2. The molecule has 2 heterocycles. The smallest absolute Gasteiger partial charge is 0.339 e. The number of aromatic amines is 1. The SMILES string of the molecule is CCc1[nH]c(C(=O)N(CC)C[C@@H]2CCOC2)c(C)c1C(=O)OC. The number of rotatable bonds is 6. The van der Waals surface area contributed by atoms with Crippen molar-refractivity contribution in [2.75, 3.05) is 33.4 Å². The molecule has 1 saturated heterocycles. The van der Waals surface area contributed by atoms with Gasteiger partial charge in [0.15, 0.2) is 0 Å². The zero-order valence-corrected chi connectivity index (χ0v) is 14.4. The van der Waals surface area contributed by atoms with Gasteiger partial charge in [0.25, 0.3) is 5.91 Å². The zero-order chi connectivity index (χ0) is 17.0. The van der Waals surface area contributed by atoms with Crippen LogP contribution < -0.4 is 0 Å². The van der Waals surface area contributed by atoms with Crippen LogP contribution in [0.4, 0.5) is 0 Å². The van der Waals surface area contributed by atoms with Crippen molar-refractivity contribution < 1.29 is 19.1 Å². The maximum atomic E-state index is 12.9. The molecule has 0 radical (unpaired) electrons. The summed E-state index contributed by atoms with van der Waals surface area (Å²) in [5.74, 6) is -0.0801. The summed E-state index contributed by atoms with van der Waals surface area (Å²) in [6, 6.07) is 0. The Labute approximate surface area is 137 Å². The van der Waals surface area contributed by atoms with E-state index < -0.39 is 5.97 Å². The van der Waals surface area contributed by atoms with Crippen molar-refractivity contribution in [1.82, 2.24) is 9.88 Å². The first-order valence-corrected chi connectivity index (χ1v) is 8.20. The minimum absolute atomic E-state index is 0.0678. The molecule has 1 aliphatic heterocycles. The van der Waals surface area contributed by atoms with Gasteiger partial charge in [-0.2, -0.15) is 0 Å². The van der Waals surface area contributed by atoms with Gasteiger partial charge in [-0.1, -0.05) is 6.92 Å². The number of nitrogens with zero attached hydrogens (tertiary/aromatic N) is 1. The molecule has 1 N–H and O–H groups in total. The summed E-state index contributed by atoms with van der Waals surface area (Å²) in [7, 11) is 1.36. The van der Waals surface area contributed by atoms with Crippen molar-refractivity contribution in [3.8, 4) is 0 Å². The molecule has 128 valence electrons. The second-order valence-corrected chi connectivity index (χ2v) is 5.90. The number of carbonyl (C=O) groups excluding carboxylic acids is 2. The van der Waals surface area contributed by atoms with Crippen LogP contribution in [-0.2, 0) is 15.9 Å². The van der Waals surface area contributed by atoms with Crippen LogP contribution in [0.25, 0.3) is 0 Å². The average Bonchev–Trinajstić information content (AvgIpc) is 3.18. The molecule has 1 atom stereocenters. The molecule has 1 aliphatic rings. The van der Waals surface area contributed by atoms with Gasteiger partial charge in [-0.3, -0.25) is 4.79 Å². The first-order valence-electron chi connectivity index (χ1n) is 8.20. The standard InChI is InChI=1S/C17H26N2O4/c1-5-13-14(17(21)22-4)11(3)15(18-13)16(20)19(6-2)9-12-7-8-23-10-12/h12,18H,5-10H2,1-4H3/t12-/m0/s1. The van der Waals surface area contributed by atoms with Crippen LogP contribution in [0.3, 0.4) is 0 Å². The largest absolute Gasteiger partial charge is 0.465 e. The number of amides is 1. The second-order valence-electron chi connectivity index (χ2n) is 5.90. The average molecular weight is 322 g/mol. The summed E-state index contributed by atoms with van der Waals surface area (Å²) in [5.41, 5.74) is 2.39. The Kier molecular flexibility index (Phi) is 5.82. The molecule has 1 amide bonds. The van der Waals surface area contributed by atoms with Crippen LogP contribution in [-0.4, -0.2) is 55.2 Å². The number of H-pyrrole nitrogens is 1. The monoisotopic (exact) mass is 322 g/mol. The van der Waals surface area contributed by atoms with Crippen molar-refractivity contribution in [3.05, 3.63) is 22.5 Å². The Morgan fingerprint density at radius 1 is 1.39 bits per heavy atom. The van der Waals surface area contributed by atoms with Crippen molar-refractivity contribution in [2.45, 2.75) is 33.6 Å². The minimum Gasteiger partial charge on any atom is -0.465 e. The highest BCUT2D eigenvalue weighted by Gasteiger charge is 2.28. The highest BCUT2D eigenvalue weighted by molar-refractivity contribution is 6.00. The Morgan fingerprint density at radius 2 is 2.13 bits per heavy atom. The number of esters is 1. The molecular formula is C17H26N2O4. The Morgan fingerprint density at radius 3 is 2.65 bits per heavy atom. The lowest BCUT2D eigenvalue weighted by molar-refractivity contribution is 0.0599. The lowest BCUT2D eigenvalue weighted by Crippen LogP contribution is -2.36. The molecular weight excluding hydrogens is 296 g/mol. The lowest BCUT2D eigenvalue weighted by atomic mass is 10.1. The Bertz CT molecular complexity index is 573. The number of hydrogen-bond donors (Lipinski definition) is 1. The molecule has 0 aromatic carbocycles. The predicted octanol–water partition coefficient (Wildman–Crippen LogP) is 2.17. The number of hydrogen-bond acceptors (Lipinski definition) is 4. The molecule has 0 unspecified atom stereocenters. The summed E-state index contributed by atoms with van der Waals surface area (Å²) >= 11 is 0. The molecule has 6 heteroatoms. The lowest BCUT2D eigenvalue weighted by Gasteiger charge is -2.23. The van der Waals surface area contributed by atoms with E-state index in [1.807, 2.05) is 18.7 Å². The van der Waals surface area contributed by atoms with Gasteiger partial charge in [0.1, 0.15) is 5.69 Å². The molecule has 2 rings (SSSR count). The summed E-state index contributed by atoms with van der Waals surface area (Å²) in [5, 5.41) is 0. The van der Waals surface area contributed by atoms with Gasteiger partial charge in [-0.05, 0) is 32.3 Å². The first kappa shape index (κ1) is 17.5. The number of aryl methyl sites for hydroxylation is 1. The molecule has 6 nitrogen and oxygen atoms in total. The van der Waals surface area contributed by atoms with Gasteiger partial charge < -0.3 is 19.4 Å². The van der Waals surface area contributed by atoms with E-state index in [1.54, 1.807) is 6.92 Å². The number of aromatic nitrogens is 1. The summed E-state index contributed by atoms with van der Waals surface area (Å²) in [4.78, 5) is 29.8. The minimum atomic E-state index is -0.401. The van der Waals surface area contributed by atoms with Crippen molar-refractivity contribution in [1.29, 1.82) is 0 Å². The van der Waals surface area contributed by atoms with Crippen molar-refractivity contribution >= 4 is 11.9 Å². The van der Waals surface area contributed by atoms with Crippen LogP contribution >= 0.6 is 0 Å². The normalized spacial score (nSPS) is 17.3. The number of nitrogens with one attached hydrogen (secondary N) is 1. The molecule has 1 aromatic rings. The Balaban J connectivity index is 2.26. The molecule has 23 heavy (non-hydrogen) atoms. The summed E-state index contributed by atoms with van der Waals surface area (Å²) in [6.45, 7) is 8.49. The predicted molar refractivity (Wildman–Crippen MR) is 86.8 cm³/mol. The third-order valence-electron chi connectivity index (χ3n) is 4.46. The van der Waals surface area contributed by atoms with E-state index >= 15 is 0 Å². The van der Waals surface area contributed by atoms with Crippen LogP contribution in [0, 0.1) is 12.8 Å². The number of methoxy groups -OCH3 is 1. The molecule has 1 fully saturated rings. The third kappa shape index (κ3) is 3.58. The Hall–Kier alpha value is -1.82. The fraction of sp³-hybridized carbons (Fsp3) is 0.647. The quantitative estimate of drug-likeness (QED) is 0.815. The van der Waals surface area contributed by atoms with Gasteiger partial charge in [-0.25, -0.2) is 4.79 Å². The summed E-state index contributed by atoms with van der Waals surface area (Å²) < 4.78 is 10.2. The fourth-order valence-electron chi connectivity index (χ4n) is 3.07. The highest BCUT2D eigenvalue weighted by Crippen LogP contribution is 2.22. The van der Waals surface area contributed by atoms with E-state index in [0.717, 1.165) is 18.7 Å². The highest BCUT2D eigenvalue weighted by atomic mass is 16.5. The van der Waals surface area contributed by atoms with Gasteiger partial charge in [-0.15, -0.1) is 0 Å². The molecule has 0 bridgehead atoms. The second kappa shape index (κ2) is 7.64. The van der Waals surface area contributed by atoms with Gasteiger partial charge in [0, 0.05) is 31.3 Å². The van der Waals surface area contributed by atoms with E-state index in [9.17, 15) is 9.59 Å². The van der Waals surface area contributed by atoms with Crippen LogP contribution in [0.1, 0.15) is 52.4 Å². The fourth-order valence-corrected chi connectivity index (χ4v) is 3.07. The molecule has 0 saturated carbocycles. The first-order chi connectivity index (χ1) is 11.0. The maximum Gasteiger partial charge on any atom is 0.339 e. The van der Waals surface area contributed by atoms with E-state index in [-0.39, 0.29) is 5.91 Å². The van der Waals surface area contributed by atoms with Gasteiger partial charge in [0.05, 0.1) is 19.3 Å². The van der Waals surface area contributed by atoms with E-state index in [4.69, 9.17) is 9.47 Å². The van der Waals surface area contributed by atoms with Crippen LogP contribution in [0.15, 0.2) is 0 Å². The van der Waals surface area contributed by atoms with Crippen molar-refractivity contribution in [3.63, 3.8) is 0 Å². The van der Waals surface area contributed by atoms with Gasteiger partial charge >= 0.3 is 5.97 Å². The zero-order valence-electron chi connectivity index (χ0n) is 14.4. The van der Waals surface area contributed by atoms with Crippen molar-refractivity contribution in [2.24, 2.45) is 5.92 Å². The number of ether oxygens (including phenoxy) is 2. The molecule has 0 spiro atoms. The van der Waals surface area contributed by atoms with E-state index in [1.165, 1.54) is 7.11 Å². The van der Waals surface area contributed by atoms with E-state index in [0.29, 0.717) is 48.9 Å². The maximum absolute atomic E-state index is 12.9. The van der Waals surface area contributed by atoms with E-state index in [2.05, 4.69) is 4.98 Å². The van der Waals surface area contributed by atoms with Gasteiger partial charge in [0.2, 0.25) is 0 Å². The third-order valence-corrected chi connectivity index (χ3v) is 4.46. The van der Waals surface area contributed by atoms with Crippen LogP contribution in [0.2, 0.25) is 0 Å². The van der Waals surface area contributed by atoms with Crippen LogP contribution in [0.5, 0.6) is 0 Å². The molecule has 1 aromatic heterocycles. The topological polar surface area (TPSA) is 71.6 Å². The molecule has 0 aliphatic carbocycles. The summed E-state index contributed by atoms with van der Waals surface area (Å²) in [6.07, 6.45) is 1.63.